The van der Waals surface area contributed by atoms with Crippen LogP contribution in [0, 0.1) is 6.92 Å². The normalized spacial score (nSPS) is 10.4. The lowest BCUT2D eigenvalue weighted by Crippen LogP contribution is -2.02. The fourth-order valence-corrected chi connectivity index (χ4v) is 2.61. The Kier molecular flexibility index (Phi) is 5.16. The van der Waals surface area contributed by atoms with Crippen molar-refractivity contribution in [2.75, 3.05) is 5.73 Å². The second-order valence-electron chi connectivity index (χ2n) is 4.85. The van der Waals surface area contributed by atoms with Crippen molar-refractivity contribution in [1.82, 2.24) is 0 Å². The summed E-state index contributed by atoms with van der Waals surface area (Å²) in [5, 5.41) is 0.536. The first-order valence-electron chi connectivity index (χ1n) is 6.51. The SMILES string of the molecule is CC(=O)Oc1cc(Cl)c(OCc2cc(C)cc(N)c2)c(Cl)c1. The summed E-state index contributed by atoms with van der Waals surface area (Å²) in [7, 11) is 0. The van der Waals surface area contributed by atoms with Crippen LogP contribution in [-0.4, -0.2) is 5.97 Å². The van der Waals surface area contributed by atoms with Gasteiger partial charge in [-0.3, -0.25) is 4.79 Å². The first kappa shape index (κ1) is 16.5. The number of benzene rings is 2. The first-order valence-corrected chi connectivity index (χ1v) is 7.27. The van der Waals surface area contributed by atoms with Crippen LogP contribution in [0.3, 0.4) is 0 Å². The highest BCUT2D eigenvalue weighted by atomic mass is 35.5. The fraction of sp³-hybridized carbons (Fsp3) is 0.188. The molecule has 22 heavy (non-hydrogen) atoms. The van der Waals surface area contributed by atoms with Crippen LogP contribution in [0.2, 0.25) is 10.0 Å². The Bertz CT molecular complexity index is 673. The van der Waals surface area contributed by atoms with Gasteiger partial charge in [0.25, 0.3) is 0 Å². The molecule has 2 N–H and O–H groups in total. The molecule has 0 fully saturated rings. The molecule has 2 rings (SSSR count). The Morgan fingerprint density at radius 1 is 1.14 bits per heavy atom. The summed E-state index contributed by atoms with van der Waals surface area (Å²) in [5.41, 5.74) is 8.42. The maximum absolute atomic E-state index is 10.9. The summed E-state index contributed by atoms with van der Waals surface area (Å²) < 4.78 is 10.6. The average Bonchev–Trinajstić information content (AvgIpc) is 2.35. The Labute approximate surface area is 138 Å². The Balaban J connectivity index is 2.17. The molecule has 0 heterocycles. The van der Waals surface area contributed by atoms with Gasteiger partial charge in [-0.15, -0.1) is 0 Å². The van der Waals surface area contributed by atoms with Crippen LogP contribution in [0.15, 0.2) is 30.3 Å². The van der Waals surface area contributed by atoms with Crippen molar-refractivity contribution in [2.24, 2.45) is 0 Å². The largest absolute Gasteiger partial charge is 0.486 e. The summed E-state index contributed by atoms with van der Waals surface area (Å²) in [5.74, 6) is 0.157. The average molecular weight is 340 g/mol. The number of nitrogens with two attached hydrogens (primary N) is 1. The summed E-state index contributed by atoms with van der Waals surface area (Å²) in [6.45, 7) is 3.53. The first-order chi connectivity index (χ1) is 10.3. The molecular weight excluding hydrogens is 325 g/mol. The van der Waals surface area contributed by atoms with Crippen molar-refractivity contribution in [3.63, 3.8) is 0 Å². The lowest BCUT2D eigenvalue weighted by atomic mass is 10.1. The van der Waals surface area contributed by atoms with E-state index >= 15 is 0 Å². The molecule has 0 aliphatic rings. The number of hydrogen-bond donors (Lipinski definition) is 1. The molecule has 6 heteroatoms. The van der Waals surface area contributed by atoms with Crippen LogP contribution in [0.25, 0.3) is 0 Å². The van der Waals surface area contributed by atoms with Gasteiger partial charge in [0.1, 0.15) is 12.4 Å². The number of halogens is 2. The molecule has 0 amide bonds. The van der Waals surface area contributed by atoms with Gasteiger partial charge in [-0.1, -0.05) is 29.3 Å². The topological polar surface area (TPSA) is 61.5 Å². The smallest absolute Gasteiger partial charge is 0.308 e. The molecule has 0 saturated carbocycles. The van der Waals surface area contributed by atoms with E-state index in [0.29, 0.717) is 11.4 Å². The maximum atomic E-state index is 10.9. The highest BCUT2D eigenvalue weighted by molar-refractivity contribution is 6.37. The molecule has 116 valence electrons. The van der Waals surface area contributed by atoms with E-state index in [9.17, 15) is 4.79 Å². The number of anilines is 1. The number of carbonyl (C=O) groups excluding carboxylic acids is 1. The van der Waals surface area contributed by atoms with Crippen LogP contribution in [-0.2, 0) is 11.4 Å². The highest BCUT2D eigenvalue weighted by Crippen LogP contribution is 2.37. The fourth-order valence-electron chi connectivity index (χ4n) is 2.03. The zero-order valence-electron chi connectivity index (χ0n) is 12.2. The quantitative estimate of drug-likeness (QED) is 0.509. The van der Waals surface area contributed by atoms with Gasteiger partial charge in [0.05, 0.1) is 10.0 Å². The standard InChI is InChI=1S/C16H15Cl2NO3/c1-9-3-11(5-12(19)4-9)8-21-16-14(17)6-13(7-15(16)18)22-10(2)20/h3-7H,8,19H2,1-2H3. The number of rotatable bonds is 4. The zero-order valence-corrected chi connectivity index (χ0v) is 13.7. The van der Waals surface area contributed by atoms with Crippen LogP contribution < -0.4 is 15.2 Å². The molecule has 0 radical (unpaired) electrons. The van der Waals surface area contributed by atoms with E-state index in [4.69, 9.17) is 38.4 Å². The molecule has 2 aromatic carbocycles. The van der Waals surface area contributed by atoms with Crippen molar-refractivity contribution in [3.05, 3.63) is 51.5 Å². The van der Waals surface area contributed by atoms with Crippen LogP contribution in [0.1, 0.15) is 18.1 Å². The minimum absolute atomic E-state index is 0.268. The van der Waals surface area contributed by atoms with Crippen LogP contribution >= 0.6 is 23.2 Å². The molecule has 0 spiro atoms. The van der Waals surface area contributed by atoms with Gasteiger partial charge < -0.3 is 15.2 Å². The zero-order chi connectivity index (χ0) is 16.3. The summed E-state index contributed by atoms with van der Waals surface area (Å²) in [6.07, 6.45) is 0. The molecule has 0 atom stereocenters. The number of ether oxygens (including phenoxy) is 2. The van der Waals surface area contributed by atoms with Gasteiger partial charge in [0.15, 0.2) is 5.75 Å². The van der Waals surface area contributed by atoms with E-state index in [1.807, 2.05) is 25.1 Å². The van der Waals surface area contributed by atoms with Crippen LogP contribution in [0.5, 0.6) is 11.5 Å². The summed E-state index contributed by atoms with van der Waals surface area (Å²) in [6, 6.07) is 8.62. The van der Waals surface area contributed by atoms with Gasteiger partial charge in [-0.05, 0) is 30.2 Å². The lowest BCUT2D eigenvalue weighted by molar-refractivity contribution is -0.131. The molecule has 0 aromatic heterocycles. The van der Waals surface area contributed by atoms with Crippen molar-refractivity contribution >= 4 is 34.9 Å². The van der Waals surface area contributed by atoms with Crippen molar-refractivity contribution in [2.45, 2.75) is 20.5 Å². The number of nitrogen functional groups attached to an aromatic ring is 1. The van der Waals surface area contributed by atoms with Gasteiger partial charge in [-0.25, -0.2) is 0 Å². The molecule has 0 unspecified atom stereocenters. The van der Waals surface area contributed by atoms with Gasteiger partial charge in [0, 0.05) is 24.7 Å². The monoisotopic (exact) mass is 339 g/mol. The van der Waals surface area contributed by atoms with E-state index in [-0.39, 0.29) is 22.4 Å². The third-order valence-corrected chi connectivity index (χ3v) is 3.34. The highest BCUT2D eigenvalue weighted by Gasteiger charge is 2.12. The van der Waals surface area contributed by atoms with Gasteiger partial charge in [0.2, 0.25) is 0 Å². The van der Waals surface area contributed by atoms with Crippen molar-refractivity contribution in [1.29, 1.82) is 0 Å². The molecule has 0 saturated heterocycles. The van der Waals surface area contributed by atoms with E-state index < -0.39 is 5.97 Å². The number of hydrogen-bond acceptors (Lipinski definition) is 4. The Morgan fingerprint density at radius 2 is 1.77 bits per heavy atom. The minimum Gasteiger partial charge on any atom is -0.486 e. The Morgan fingerprint density at radius 3 is 2.32 bits per heavy atom. The summed E-state index contributed by atoms with van der Waals surface area (Å²) in [4.78, 5) is 10.9. The third-order valence-electron chi connectivity index (χ3n) is 2.78. The lowest BCUT2D eigenvalue weighted by Gasteiger charge is -2.12. The molecule has 0 aliphatic heterocycles. The third kappa shape index (κ3) is 4.29. The molecule has 0 aliphatic carbocycles. The van der Waals surface area contributed by atoms with E-state index in [1.54, 1.807) is 0 Å². The van der Waals surface area contributed by atoms with Gasteiger partial charge in [-0.2, -0.15) is 0 Å². The van der Waals surface area contributed by atoms with E-state index in [1.165, 1.54) is 19.1 Å². The molecule has 4 nitrogen and oxygen atoms in total. The van der Waals surface area contributed by atoms with E-state index in [2.05, 4.69) is 0 Å². The Hall–Kier alpha value is -1.91. The number of esters is 1. The van der Waals surface area contributed by atoms with Crippen molar-refractivity contribution < 1.29 is 14.3 Å². The summed E-state index contributed by atoms with van der Waals surface area (Å²) >= 11 is 12.2. The maximum Gasteiger partial charge on any atom is 0.308 e. The minimum atomic E-state index is -0.448. The second kappa shape index (κ2) is 6.90. The molecular formula is C16H15Cl2NO3. The van der Waals surface area contributed by atoms with E-state index in [0.717, 1.165) is 11.1 Å². The predicted octanol–water partition coefficient (Wildman–Crippen LogP) is 4.39. The molecule has 0 bridgehead atoms. The number of carbonyl (C=O) groups is 1. The second-order valence-corrected chi connectivity index (χ2v) is 5.66. The predicted molar refractivity (Wildman–Crippen MR) is 87.7 cm³/mol. The molecule has 2 aromatic rings. The van der Waals surface area contributed by atoms with Crippen LogP contribution in [0.4, 0.5) is 5.69 Å². The van der Waals surface area contributed by atoms with Crippen molar-refractivity contribution in [3.8, 4) is 11.5 Å². The van der Waals surface area contributed by atoms with Gasteiger partial charge >= 0.3 is 5.97 Å². The number of aryl methyl sites for hydroxylation is 1.